The minimum Gasteiger partial charge on any atom is -0.472 e. The molecule has 3 aromatic rings. The average molecular weight is 456 g/mol. The van der Waals surface area contributed by atoms with Crippen molar-refractivity contribution < 1.29 is 27.8 Å². The van der Waals surface area contributed by atoms with Gasteiger partial charge in [0.1, 0.15) is 6.10 Å². The predicted octanol–water partition coefficient (Wildman–Crippen LogP) is 5.12. The van der Waals surface area contributed by atoms with Crippen LogP contribution in [0.4, 0.5) is 18.9 Å². The third-order valence-electron chi connectivity index (χ3n) is 5.70. The van der Waals surface area contributed by atoms with Crippen LogP contribution in [0.2, 0.25) is 0 Å². The first kappa shape index (κ1) is 22.8. The van der Waals surface area contributed by atoms with Crippen LogP contribution in [-0.4, -0.2) is 35.1 Å². The van der Waals surface area contributed by atoms with Gasteiger partial charge in [-0.1, -0.05) is 30.3 Å². The summed E-state index contributed by atoms with van der Waals surface area (Å²) in [5.74, 6) is 0.116. The van der Waals surface area contributed by atoms with Crippen molar-refractivity contribution in [1.29, 1.82) is 0 Å². The first-order chi connectivity index (χ1) is 15.8. The Labute approximate surface area is 189 Å². The number of carbonyl (C=O) groups is 1. The number of hydrogen-bond acceptors (Lipinski definition) is 5. The Bertz CT molecular complexity index is 1150. The van der Waals surface area contributed by atoms with E-state index >= 15 is 0 Å². The van der Waals surface area contributed by atoms with Gasteiger partial charge in [-0.05, 0) is 36.2 Å². The largest absolute Gasteiger partial charge is 0.472 e. The SMILES string of the molecule is CC(=O)c1ccccc1-c1ccc(N2CC[C@H](Oc3ccc(C(F)(F)F)cn3)C2)c(CO)c1. The molecule has 172 valence electrons. The number of aromatic nitrogens is 1. The fraction of sp³-hybridized carbons (Fsp3) is 0.280. The Morgan fingerprint density at radius 1 is 1.18 bits per heavy atom. The zero-order valence-electron chi connectivity index (χ0n) is 18.0. The van der Waals surface area contributed by atoms with Crippen LogP contribution in [0.25, 0.3) is 11.1 Å². The lowest BCUT2D eigenvalue weighted by Crippen LogP contribution is -2.25. The molecule has 1 N–H and O–H groups in total. The third kappa shape index (κ3) is 5.01. The van der Waals surface area contributed by atoms with E-state index in [2.05, 4.69) is 9.88 Å². The van der Waals surface area contributed by atoms with E-state index in [1.807, 2.05) is 36.4 Å². The van der Waals surface area contributed by atoms with E-state index in [1.54, 1.807) is 6.07 Å². The average Bonchev–Trinajstić information content (AvgIpc) is 3.26. The van der Waals surface area contributed by atoms with Crippen LogP contribution in [0.15, 0.2) is 60.8 Å². The summed E-state index contributed by atoms with van der Waals surface area (Å²) in [6, 6.07) is 15.2. The van der Waals surface area contributed by atoms with Gasteiger partial charge >= 0.3 is 6.18 Å². The molecule has 2 heterocycles. The van der Waals surface area contributed by atoms with Gasteiger partial charge in [-0.25, -0.2) is 4.98 Å². The number of benzene rings is 2. The van der Waals surface area contributed by atoms with Crippen LogP contribution in [0.1, 0.15) is 34.8 Å². The summed E-state index contributed by atoms with van der Waals surface area (Å²) in [7, 11) is 0. The molecular formula is C25H23F3N2O3. The second-order valence-corrected chi connectivity index (χ2v) is 7.96. The van der Waals surface area contributed by atoms with Crippen molar-refractivity contribution >= 4 is 11.5 Å². The lowest BCUT2D eigenvalue weighted by atomic mass is 9.95. The van der Waals surface area contributed by atoms with Gasteiger partial charge in [-0.3, -0.25) is 4.79 Å². The van der Waals surface area contributed by atoms with Gasteiger partial charge in [0.2, 0.25) is 5.88 Å². The van der Waals surface area contributed by atoms with Crippen LogP contribution in [0, 0.1) is 0 Å². The van der Waals surface area contributed by atoms with Gasteiger partial charge in [-0.15, -0.1) is 0 Å². The summed E-state index contributed by atoms with van der Waals surface area (Å²) >= 11 is 0. The summed E-state index contributed by atoms with van der Waals surface area (Å²) in [6.07, 6.45) is -3.24. The van der Waals surface area contributed by atoms with Gasteiger partial charge in [0.15, 0.2) is 5.78 Å². The highest BCUT2D eigenvalue weighted by atomic mass is 19.4. The van der Waals surface area contributed by atoms with Crippen molar-refractivity contribution in [2.75, 3.05) is 18.0 Å². The third-order valence-corrected chi connectivity index (χ3v) is 5.70. The number of anilines is 1. The Morgan fingerprint density at radius 3 is 2.64 bits per heavy atom. The Balaban J connectivity index is 1.49. The molecule has 0 aliphatic carbocycles. The van der Waals surface area contributed by atoms with E-state index in [0.29, 0.717) is 25.1 Å². The monoisotopic (exact) mass is 456 g/mol. The number of hydrogen-bond donors (Lipinski definition) is 1. The van der Waals surface area contributed by atoms with Crippen molar-refractivity contribution in [2.45, 2.75) is 32.2 Å². The van der Waals surface area contributed by atoms with Gasteiger partial charge in [-0.2, -0.15) is 13.2 Å². The molecule has 1 saturated heterocycles. The van der Waals surface area contributed by atoms with Crippen LogP contribution in [0.5, 0.6) is 5.88 Å². The maximum Gasteiger partial charge on any atom is 0.417 e. The predicted molar refractivity (Wildman–Crippen MR) is 118 cm³/mol. The van der Waals surface area contributed by atoms with E-state index in [4.69, 9.17) is 4.74 Å². The van der Waals surface area contributed by atoms with Crippen molar-refractivity contribution in [3.63, 3.8) is 0 Å². The van der Waals surface area contributed by atoms with Gasteiger partial charge < -0.3 is 14.7 Å². The van der Waals surface area contributed by atoms with Crippen LogP contribution in [-0.2, 0) is 12.8 Å². The second-order valence-electron chi connectivity index (χ2n) is 7.96. The first-order valence-electron chi connectivity index (χ1n) is 10.5. The number of alkyl halides is 3. The van der Waals surface area contributed by atoms with Gasteiger partial charge in [0.25, 0.3) is 0 Å². The van der Waals surface area contributed by atoms with E-state index in [9.17, 15) is 23.1 Å². The minimum absolute atomic E-state index is 0.0309. The molecule has 1 aliphatic heterocycles. The summed E-state index contributed by atoms with van der Waals surface area (Å²) in [5, 5.41) is 9.99. The smallest absolute Gasteiger partial charge is 0.417 e. The van der Waals surface area contributed by atoms with Crippen LogP contribution < -0.4 is 9.64 Å². The van der Waals surface area contributed by atoms with Gasteiger partial charge in [0.05, 0.1) is 18.7 Å². The summed E-state index contributed by atoms with van der Waals surface area (Å²) < 4.78 is 43.9. The highest BCUT2D eigenvalue weighted by molar-refractivity contribution is 6.00. The Kier molecular flexibility index (Phi) is 6.37. The highest BCUT2D eigenvalue weighted by Gasteiger charge is 2.31. The van der Waals surface area contributed by atoms with E-state index in [0.717, 1.165) is 34.6 Å². The lowest BCUT2D eigenvalue weighted by Gasteiger charge is -2.22. The summed E-state index contributed by atoms with van der Waals surface area (Å²) in [6.45, 7) is 2.53. The van der Waals surface area contributed by atoms with Crippen LogP contribution in [0.3, 0.4) is 0 Å². The zero-order valence-corrected chi connectivity index (χ0v) is 18.0. The number of halogens is 3. The Hall–Kier alpha value is -3.39. The molecule has 1 aliphatic rings. The number of carbonyl (C=O) groups excluding carboxylic acids is 1. The number of aliphatic hydroxyl groups excluding tert-OH is 1. The van der Waals surface area contributed by atoms with Crippen molar-refractivity contribution in [3.8, 4) is 17.0 Å². The van der Waals surface area contributed by atoms with E-state index in [1.165, 1.54) is 13.0 Å². The standard InChI is InChI=1S/C25H23F3N2O3/c1-16(32)21-4-2-3-5-22(21)17-6-8-23(18(12-17)15-31)30-11-10-20(14-30)33-24-9-7-19(13-29-24)25(26,27)28/h2-9,12-13,20,31H,10-11,14-15H2,1H3/t20-/m0/s1. The number of pyridine rings is 1. The quantitative estimate of drug-likeness (QED) is 0.522. The van der Waals surface area contributed by atoms with Gasteiger partial charge in [0, 0.05) is 42.0 Å². The highest BCUT2D eigenvalue weighted by Crippen LogP contribution is 2.33. The molecule has 1 fully saturated rings. The molecule has 2 aromatic carbocycles. The number of ether oxygens (including phenoxy) is 1. The molecule has 0 radical (unpaired) electrons. The van der Waals surface area contributed by atoms with Crippen LogP contribution >= 0.6 is 0 Å². The molecule has 1 atom stereocenters. The fourth-order valence-electron chi connectivity index (χ4n) is 4.06. The lowest BCUT2D eigenvalue weighted by molar-refractivity contribution is -0.137. The van der Waals surface area contributed by atoms with Crippen molar-refractivity contribution in [1.82, 2.24) is 4.98 Å². The molecule has 0 saturated carbocycles. The number of nitrogens with zero attached hydrogens (tertiary/aromatic N) is 2. The number of aliphatic hydroxyl groups is 1. The normalized spacial score (nSPS) is 16.2. The summed E-state index contributed by atoms with van der Waals surface area (Å²) in [4.78, 5) is 17.8. The molecular weight excluding hydrogens is 433 g/mol. The van der Waals surface area contributed by atoms with Crippen molar-refractivity contribution in [2.24, 2.45) is 0 Å². The molecule has 5 nitrogen and oxygen atoms in total. The molecule has 1 aromatic heterocycles. The maximum atomic E-state index is 12.7. The topological polar surface area (TPSA) is 62.7 Å². The fourth-order valence-corrected chi connectivity index (χ4v) is 4.06. The zero-order chi connectivity index (χ0) is 23.6. The molecule has 0 amide bonds. The maximum absolute atomic E-state index is 12.7. The molecule has 33 heavy (non-hydrogen) atoms. The first-order valence-corrected chi connectivity index (χ1v) is 10.5. The Morgan fingerprint density at radius 2 is 1.97 bits per heavy atom. The van der Waals surface area contributed by atoms with E-state index in [-0.39, 0.29) is 24.4 Å². The van der Waals surface area contributed by atoms with Crippen molar-refractivity contribution in [3.05, 3.63) is 77.5 Å². The number of ketones is 1. The number of Topliss-reactive ketones (excluding diaryl/α,β-unsaturated/α-hetero) is 1. The number of rotatable bonds is 6. The molecule has 0 bridgehead atoms. The molecule has 0 spiro atoms. The minimum atomic E-state index is -4.44. The summed E-state index contributed by atoms with van der Waals surface area (Å²) in [5.41, 5.74) is 3.03. The molecule has 0 unspecified atom stereocenters. The molecule has 4 rings (SSSR count). The van der Waals surface area contributed by atoms with E-state index < -0.39 is 11.7 Å². The molecule has 8 heteroatoms. The second kappa shape index (κ2) is 9.23.